The van der Waals surface area contributed by atoms with Crippen molar-refractivity contribution in [1.82, 2.24) is 15.1 Å². The minimum Gasteiger partial charge on any atom is -0.378 e. The molecule has 1 heterocycles. The van der Waals surface area contributed by atoms with Crippen LogP contribution in [0, 0.1) is 5.92 Å². The molecule has 0 aromatic heterocycles. The lowest BCUT2D eigenvalue weighted by Crippen LogP contribution is -2.37. The third kappa shape index (κ3) is 5.04. The van der Waals surface area contributed by atoms with Gasteiger partial charge in [0, 0.05) is 47.0 Å². The lowest BCUT2D eigenvalue weighted by molar-refractivity contribution is -0.120. The second-order valence-corrected chi connectivity index (χ2v) is 8.60. The summed E-state index contributed by atoms with van der Waals surface area (Å²) in [7, 11) is 7.31. The molecular formula is C22H33N5O3. The summed E-state index contributed by atoms with van der Waals surface area (Å²) in [5.74, 6) is 0.371. The maximum atomic E-state index is 13.2. The monoisotopic (exact) mass is 415 g/mol. The summed E-state index contributed by atoms with van der Waals surface area (Å²) in [5.41, 5.74) is 1.64. The maximum absolute atomic E-state index is 13.2. The van der Waals surface area contributed by atoms with E-state index in [1.807, 2.05) is 43.3 Å². The molecule has 1 aromatic carbocycles. The summed E-state index contributed by atoms with van der Waals surface area (Å²) >= 11 is 0. The Kier molecular flexibility index (Phi) is 6.84. The van der Waals surface area contributed by atoms with Crippen LogP contribution >= 0.6 is 0 Å². The number of imide groups is 1. The average Bonchev–Trinajstić information content (AvgIpc) is 3.49. The van der Waals surface area contributed by atoms with Crippen molar-refractivity contribution in [2.75, 3.05) is 51.1 Å². The number of amides is 5. The van der Waals surface area contributed by atoms with Gasteiger partial charge in [0.15, 0.2) is 0 Å². The smallest absolute Gasteiger partial charge is 0.332 e. The number of carbonyl (C=O) groups is 3. The van der Waals surface area contributed by atoms with Gasteiger partial charge in [0.1, 0.15) is 6.04 Å². The number of nitrogens with one attached hydrogen (secondary N) is 1. The fraction of sp³-hybridized carbons (Fsp3) is 0.591. The van der Waals surface area contributed by atoms with Crippen LogP contribution in [0.25, 0.3) is 0 Å². The summed E-state index contributed by atoms with van der Waals surface area (Å²) < 4.78 is 0. The van der Waals surface area contributed by atoms with Crippen LogP contribution in [0.1, 0.15) is 32.1 Å². The standard InChI is InChI=1S/C22H33N5O3/c1-24(2)17-10-12-18(13-11-17)27-20(28)19(26(22(27)30)15-16-8-9-16)7-5-6-14-23-21(29)25(3)4/h10-13,16,19H,5-9,14-15H2,1-4H3,(H,23,29)/t19-/m0/s1. The highest BCUT2D eigenvalue weighted by molar-refractivity contribution is 6.21. The van der Waals surface area contributed by atoms with Crippen molar-refractivity contribution in [3.63, 3.8) is 0 Å². The number of carbonyl (C=O) groups excluding carboxylic acids is 3. The van der Waals surface area contributed by atoms with Crippen molar-refractivity contribution >= 4 is 29.3 Å². The highest BCUT2D eigenvalue weighted by Crippen LogP contribution is 2.35. The van der Waals surface area contributed by atoms with Crippen LogP contribution in [0.15, 0.2) is 24.3 Å². The van der Waals surface area contributed by atoms with E-state index in [1.54, 1.807) is 19.0 Å². The zero-order chi connectivity index (χ0) is 21.8. The number of unbranched alkanes of at least 4 members (excludes halogenated alkanes) is 1. The molecule has 0 radical (unpaired) electrons. The van der Waals surface area contributed by atoms with Crippen LogP contribution in [0.5, 0.6) is 0 Å². The Hall–Kier alpha value is -2.77. The fourth-order valence-electron chi connectivity index (χ4n) is 3.66. The summed E-state index contributed by atoms with van der Waals surface area (Å²) in [6, 6.07) is 6.75. The zero-order valence-corrected chi connectivity index (χ0v) is 18.4. The summed E-state index contributed by atoms with van der Waals surface area (Å²) in [5, 5.41) is 2.84. The highest BCUT2D eigenvalue weighted by Gasteiger charge is 2.46. The first-order chi connectivity index (χ1) is 14.3. The molecule has 0 bridgehead atoms. The van der Waals surface area contributed by atoms with E-state index in [-0.39, 0.29) is 18.0 Å². The van der Waals surface area contributed by atoms with Crippen LogP contribution in [0.4, 0.5) is 21.0 Å². The van der Waals surface area contributed by atoms with Crippen LogP contribution < -0.4 is 15.1 Å². The molecule has 1 atom stereocenters. The molecule has 30 heavy (non-hydrogen) atoms. The first-order valence-electron chi connectivity index (χ1n) is 10.7. The molecule has 1 saturated heterocycles. The van der Waals surface area contributed by atoms with E-state index in [4.69, 9.17) is 0 Å². The number of anilines is 2. The number of rotatable bonds is 9. The lowest BCUT2D eigenvalue weighted by Gasteiger charge is -2.21. The van der Waals surface area contributed by atoms with Gasteiger partial charge >= 0.3 is 12.1 Å². The summed E-state index contributed by atoms with van der Waals surface area (Å²) in [4.78, 5) is 44.5. The largest absolute Gasteiger partial charge is 0.378 e. The van der Waals surface area contributed by atoms with Gasteiger partial charge in [-0.2, -0.15) is 0 Å². The SMILES string of the molecule is CN(C)C(=O)NCCCC[C@H]1C(=O)N(c2ccc(N(C)C)cc2)C(=O)N1CC1CC1. The molecule has 2 fully saturated rings. The summed E-state index contributed by atoms with van der Waals surface area (Å²) in [6.07, 6.45) is 4.40. The molecule has 8 heteroatoms. The molecule has 164 valence electrons. The second-order valence-electron chi connectivity index (χ2n) is 8.60. The third-order valence-electron chi connectivity index (χ3n) is 5.68. The van der Waals surface area contributed by atoms with Crippen LogP contribution in [-0.4, -0.2) is 75.1 Å². The topological polar surface area (TPSA) is 76.2 Å². The van der Waals surface area contributed by atoms with Gasteiger partial charge in [0.25, 0.3) is 5.91 Å². The fourth-order valence-corrected chi connectivity index (χ4v) is 3.66. The molecule has 5 amide bonds. The van der Waals surface area contributed by atoms with Gasteiger partial charge in [-0.3, -0.25) is 4.79 Å². The Morgan fingerprint density at radius 1 is 1.07 bits per heavy atom. The molecular weight excluding hydrogens is 382 g/mol. The molecule has 1 aliphatic heterocycles. The van der Waals surface area contributed by atoms with E-state index in [1.165, 1.54) is 9.80 Å². The lowest BCUT2D eigenvalue weighted by atomic mass is 10.1. The Morgan fingerprint density at radius 3 is 2.30 bits per heavy atom. The van der Waals surface area contributed by atoms with E-state index >= 15 is 0 Å². The van der Waals surface area contributed by atoms with Gasteiger partial charge in [-0.1, -0.05) is 0 Å². The molecule has 2 aliphatic rings. The van der Waals surface area contributed by atoms with Crippen molar-refractivity contribution in [3.05, 3.63) is 24.3 Å². The molecule has 3 rings (SSSR count). The quantitative estimate of drug-likeness (QED) is 0.497. The van der Waals surface area contributed by atoms with Crippen molar-refractivity contribution in [2.24, 2.45) is 5.92 Å². The minimum absolute atomic E-state index is 0.121. The van der Waals surface area contributed by atoms with E-state index < -0.39 is 6.04 Å². The van der Waals surface area contributed by atoms with E-state index in [9.17, 15) is 14.4 Å². The van der Waals surface area contributed by atoms with Crippen LogP contribution in [0.3, 0.4) is 0 Å². The van der Waals surface area contributed by atoms with Gasteiger partial charge in [-0.15, -0.1) is 0 Å². The van der Waals surface area contributed by atoms with Crippen molar-refractivity contribution in [3.8, 4) is 0 Å². The minimum atomic E-state index is -0.420. The predicted molar refractivity (Wildman–Crippen MR) is 118 cm³/mol. The number of hydrogen-bond acceptors (Lipinski definition) is 4. The molecule has 1 saturated carbocycles. The highest BCUT2D eigenvalue weighted by atomic mass is 16.2. The van der Waals surface area contributed by atoms with Crippen LogP contribution in [-0.2, 0) is 4.79 Å². The summed E-state index contributed by atoms with van der Waals surface area (Å²) in [6.45, 7) is 1.21. The molecule has 8 nitrogen and oxygen atoms in total. The van der Waals surface area contributed by atoms with Gasteiger partial charge in [0.2, 0.25) is 0 Å². The van der Waals surface area contributed by atoms with E-state index in [0.717, 1.165) is 31.4 Å². The first kappa shape index (κ1) is 21.9. The normalized spacial score (nSPS) is 18.7. The molecule has 0 spiro atoms. The Bertz CT molecular complexity index is 773. The molecule has 0 unspecified atom stereocenters. The first-order valence-corrected chi connectivity index (χ1v) is 10.7. The van der Waals surface area contributed by atoms with Crippen molar-refractivity contribution in [2.45, 2.75) is 38.1 Å². The van der Waals surface area contributed by atoms with Crippen molar-refractivity contribution in [1.29, 1.82) is 0 Å². The Labute approximate surface area is 178 Å². The molecule has 1 aliphatic carbocycles. The van der Waals surface area contributed by atoms with E-state index in [0.29, 0.717) is 31.1 Å². The van der Waals surface area contributed by atoms with Gasteiger partial charge in [-0.25, -0.2) is 14.5 Å². The van der Waals surface area contributed by atoms with E-state index in [2.05, 4.69) is 5.32 Å². The average molecular weight is 416 g/mol. The zero-order valence-electron chi connectivity index (χ0n) is 18.4. The second kappa shape index (κ2) is 9.36. The number of urea groups is 2. The Morgan fingerprint density at radius 2 is 1.73 bits per heavy atom. The maximum Gasteiger partial charge on any atom is 0.332 e. The van der Waals surface area contributed by atoms with Gasteiger partial charge in [-0.05, 0) is 62.3 Å². The number of benzene rings is 1. The number of hydrogen-bond donors (Lipinski definition) is 1. The van der Waals surface area contributed by atoms with Gasteiger partial charge < -0.3 is 20.0 Å². The third-order valence-corrected chi connectivity index (χ3v) is 5.68. The molecule has 1 N–H and O–H groups in total. The number of nitrogens with zero attached hydrogens (tertiary/aromatic N) is 4. The predicted octanol–water partition coefficient (Wildman–Crippen LogP) is 2.74. The van der Waals surface area contributed by atoms with Crippen LogP contribution in [0.2, 0.25) is 0 Å². The van der Waals surface area contributed by atoms with Crippen molar-refractivity contribution < 1.29 is 14.4 Å². The molecule has 1 aromatic rings. The van der Waals surface area contributed by atoms with Gasteiger partial charge in [0.05, 0.1) is 5.69 Å². The Balaban J connectivity index is 1.64.